The number of nitrogens with two attached hydrogens (primary N) is 1. The molecule has 0 bridgehead atoms. The van der Waals surface area contributed by atoms with Crippen molar-refractivity contribution in [1.29, 1.82) is 0 Å². The molecule has 0 spiro atoms. The first-order valence-corrected chi connectivity index (χ1v) is 8.37. The molecule has 7 nitrogen and oxygen atoms in total. The number of aromatic nitrogens is 1. The summed E-state index contributed by atoms with van der Waals surface area (Å²) in [4.78, 5) is 17.5. The van der Waals surface area contributed by atoms with E-state index in [-0.39, 0.29) is 37.2 Å². The Balaban J connectivity index is 2.24. The quantitative estimate of drug-likeness (QED) is 0.779. The van der Waals surface area contributed by atoms with Crippen LogP contribution >= 0.6 is 15.9 Å². The zero-order valence-electron chi connectivity index (χ0n) is 10.5. The van der Waals surface area contributed by atoms with Crippen LogP contribution in [0.15, 0.2) is 16.7 Å². The molecule has 1 amide bonds. The number of carbonyl (C=O) groups is 1. The number of nitrogens with zero attached hydrogens (tertiary/aromatic N) is 2. The van der Waals surface area contributed by atoms with E-state index in [1.54, 1.807) is 6.07 Å². The van der Waals surface area contributed by atoms with Crippen LogP contribution in [0.25, 0.3) is 0 Å². The van der Waals surface area contributed by atoms with Crippen molar-refractivity contribution in [3.05, 3.63) is 22.3 Å². The second-order valence-corrected chi connectivity index (χ2v) is 7.27. The lowest BCUT2D eigenvalue weighted by Gasteiger charge is -2.18. The fraction of sp³-hybridized carbons (Fsp3) is 0.455. The number of amides is 1. The van der Waals surface area contributed by atoms with Crippen molar-refractivity contribution < 1.29 is 18.3 Å². The molecule has 1 fully saturated rings. The van der Waals surface area contributed by atoms with Crippen molar-refractivity contribution in [3.63, 3.8) is 0 Å². The van der Waals surface area contributed by atoms with E-state index in [1.165, 1.54) is 11.1 Å². The Labute approximate surface area is 125 Å². The predicted molar refractivity (Wildman–Crippen MR) is 76.3 cm³/mol. The van der Waals surface area contributed by atoms with Crippen molar-refractivity contribution in [2.45, 2.75) is 13.0 Å². The van der Waals surface area contributed by atoms with Gasteiger partial charge in [-0.3, -0.25) is 9.69 Å². The number of rotatable bonds is 4. The Morgan fingerprint density at radius 2 is 2.25 bits per heavy atom. The maximum atomic E-state index is 12.0. The van der Waals surface area contributed by atoms with Crippen molar-refractivity contribution >= 4 is 37.7 Å². The van der Waals surface area contributed by atoms with Gasteiger partial charge in [-0.25, -0.2) is 18.5 Å². The molecule has 1 aromatic rings. The average Bonchev–Trinajstić information content (AvgIpc) is 2.67. The van der Waals surface area contributed by atoms with Gasteiger partial charge in [0.1, 0.15) is 5.82 Å². The molecule has 20 heavy (non-hydrogen) atoms. The van der Waals surface area contributed by atoms with Gasteiger partial charge in [0.25, 0.3) is 0 Å². The standard InChI is InChI=1S/C11H14BrN3O4S/c12-9-2-8(5-16)11(14-3-9)15-4-7(1-10(15)17)6-20(13,18)19/h2-3,7,16H,1,4-6H2,(H2,13,18,19). The van der Waals surface area contributed by atoms with Crippen molar-refractivity contribution in [2.24, 2.45) is 11.1 Å². The molecule has 1 aromatic heterocycles. The number of aliphatic hydroxyl groups excluding tert-OH is 1. The molecule has 0 radical (unpaired) electrons. The van der Waals surface area contributed by atoms with Gasteiger partial charge in [-0.15, -0.1) is 0 Å². The first kappa shape index (κ1) is 15.4. The number of aliphatic hydroxyl groups is 1. The van der Waals surface area contributed by atoms with Crippen molar-refractivity contribution in [2.75, 3.05) is 17.2 Å². The number of carbonyl (C=O) groups excluding carboxylic acids is 1. The van der Waals surface area contributed by atoms with Crippen LogP contribution < -0.4 is 10.0 Å². The second-order valence-electron chi connectivity index (χ2n) is 4.70. The molecule has 3 N–H and O–H groups in total. The number of halogens is 1. The van der Waals surface area contributed by atoms with E-state index in [0.29, 0.717) is 15.9 Å². The Bertz CT molecular complexity index is 635. The first-order valence-electron chi connectivity index (χ1n) is 5.86. The predicted octanol–water partition coefficient (Wildman–Crippen LogP) is -0.0222. The summed E-state index contributed by atoms with van der Waals surface area (Å²) in [7, 11) is -3.62. The Kier molecular flexibility index (Phi) is 4.43. The third-order valence-corrected chi connectivity index (χ3v) is 4.38. The van der Waals surface area contributed by atoms with Crippen molar-refractivity contribution in [1.82, 2.24) is 4.98 Å². The van der Waals surface area contributed by atoms with E-state index in [4.69, 9.17) is 5.14 Å². The van der Waals surface area contributed by atoms with Gasteiger partial charge in [0.2, 0.25) is 15.9 Å². The third kappa shape index (κ3) is 3.54. The van der Waals surface area contributed by atoms with Crippen LogP contribution in [0.2, 0.25) is 0 Å². The number of hydrogen-bond donors (Lipinski definition) is 2. The minimum atomic E-state index is -3.62. The van der Waals surface area contributed by atoms with E-state index in [2.05, 4.69) is 20.9 Å². The van der Waals surface area contributed by atoms with Crippen molar-refractivity contribution in [3.8, 4) is 0 Å². The minimum Gasteiger partial charge on any atom is -0.392 e. The highest BCUT2D eigenvalue weighted by atomic mass is 79.9. The number of hydrogen-bond acceptors (Lipinski definition) is 5. The Hall–Kier alpha value is -1.03. The van der Waals surface area contributed by atoms with Crippen LogP contribution in [0.5, 0.6) is 0 Å². The highest BCUT2D eigenvalue weighted by molar-refractivity contribution is 9.10. The molecule has 1 aliphatic rings. The van der Waals surface area contributed by atoms with E-state index in [9.17, 15) is 18.3 Å². The molecule has 1 saturated heterocycles. The number of sulfonamides is 1. The zero-order valence-corrected chi connectivity index (χ0v) is 12.9. The molecule has 110 valence electrons. The topological polar surface area (TPSA) is 114 Å². The van der Waals surface area contributed by atoms with Gasteiger partial charge in [-0.05, 0) is 22.0 Å². The molecule has 9 heteroatoms. The summed E-state index contributed by atoms with van der Waals surface area (Å²) >= 11 is 3.24. The van der Waals surface area contributed by atoms with E-state index < -0.39 is 10.0 Å². The average molecular weight is 364 g/mol. The van der Waals surface area contributed by atoms with Gasteiger partial charge >= 0.3 is 0 Å². The van der Waals surface area contributed by atoms with E-state index in [1.807, 2.05) is 0 Å². The molecular weight excluding hydrogens is 350 g/mol. The van der Waals surface area contributed by atoms with Crippen LogP contribution in [0.3, 0.4) is 0 Å². The van der Waals surface area contributed by atoms with Crippen LogP contribution in [0.4, 0.5) is 5.82 Å². The summed E-state index contributed by atoms with van der Waals surface area (Å²) in [6, 6.07) is 1.67. The van der Waals surface area contributed by atoms with Crippen LogP contribution in [-0.2, 0) is 21.4 Å². The normalized spacial score (nSPS) is 19.6. The maximum absolute atomic E-state index is 12.0. The molecular formula is C11H14BrN3O4S. The molecule has 2 rings (SSSR count). The summed E-state index contributed by atoms with van der Waals surface area (Å²) in [5.74, 6) is -0.449. The summed E-state index contributed by atoms with van der Waals surface area (Å²) in [5.41, 5.74) is 0.504. The molecule has 0 aliphatic carbocycles. The summed E-state index contributed by atoms with van der Waals surface area (Å²) in [5, 5.41) is 14.3. The third-order valence-electron chi connectivity index (χ3n) is 3.01. The summed E-state index contributed by atoms with van der Waals surface area (Å²) in [6.45, 7) is -0.0255. The molecule has 1 atom stereocenters. The maximum Gasteiger partial charge on any atom is 0.228 e. The van der Waals surface area contributed by atoms with Crippen LogP contribution in [0.1, 0.15) is 12.0 Å². The fourth-order valence-electron chi connectivity index (χ4n) is 2.26. The van der Waals surface area contributed by atoms with Crippen LogP contribution in [0, 0.1) is 5.92 Å². The monoisotopic (exact) mass is 363 g/mol. The van der Waals surface area contributed by atoms with Crippen LogP contribution in [-0.4, -0.2) is 36.7 Å². The molecule has 2 heterocycles. The summed E-state index contributed by atoms with van der Waals surface area (Å²) < 4.78 is 22.9. The molecule has 0 saturated carbocycles. The fourth-order valence-corrected chi connectivity index (χ4v) is 3.52. The van der Waals surface area contributed by atoms with E-state index >= 15 is 0 Å². The minimum absolute atomic E-state index is 0.110. The highest BCUT2D eigenvalue weighted by Crippen LogP contribution is 2.28. The molecule has 1 unspecified atom stereocenters. The lowest BCUT2D eigenvalue weighted by molar-refractivity contribution is -0.117. The van der Waals surface area contributed by atoms with Gasteiger partial charge in [-0.2, -0.15) is 0 Å². The lowest BCUT2D eigenvalue weighted by atomic mass is 10.1. The number of primary sulfonamides is 1. The zero-order chi connectivity index (χ0) is 14.9. The first-order chi connectivity index (χ1) is 9.30. The number of anilines is 1. The van der Waals surface area contributed by atoms with Gasteiger partial charge in [0.15, 0.2) is 0 Å². The Morgan fingerprint density at radius 3 is 2.85 bits per heavy atom. The summed E-state index contributed by atoms with van der Waals surface area (Å²) in [6.07, 6.45) is 1.63. The van der Waals surface area contributed by atoms with E-state index in [0.717, 1.165) is 0 Å². The lowest BCUT2D eigenvalue weighted by Crippen LogP contribution is -2.29. The molecule has 0 aromatic carbocycles. The van der Waals surface area contributed by atoms with Gasteiger partial charge in [-0.1, -0.05) is 0 Å². The Morgan fingerprint density at radius 1 is 1.55 bits per heavy atom. The largest absolute Gasteiger partial charge is 0.392 e. The SMILES string of the molecule is NS(=O)(=O)CC1CC(=O)N(c2ncc(Br)cc2CO)C1. The van der Waals surface area contributed by atoms with Gasteiger partial charge in [0.05, 0.1) is 12.4 Å². The second kappa shape index (κ2) is 5.76. The van der Waals surface area contributed by atoms with Gasteiger partial charge < -0.3 is 5.11 Å². The molecule has 1 aliphatic heterocycles. The number of pyridine rings is 1. The van der Waals surface area contributed by atoms with Gasteiger partial charge in [0, 0.05) is 35.1 Å². The highest BCUT2D eigenvalue weighted by Gasteiger charge is 2.34. The smallest absolute Gasteiger partial charge is 0.228 e.